The highest BCUT2D eigenvalue weighted by molar-refractivity contribution is 5.30. The zero-order valence-electron chi connectivity index (χ0n) is 9.07. The van der Waals surface area contributed by atoms with E-state index in [0.717, 1.165) is 18.6 Å². The van der Waals surface area contributed by atoms with Crippen molar-refractivity contribution in [3.63, 3.8) is 0 Å². The molecule has 2 atom stereocenters. The molecule has 2 unspecified atom stereocenters. The van der Waals surface area contributed by atoms with Gasteiger partial charge in [0.1, 0.15) is 5.75 Å². The Labute approximate surface area is 97.0 Å². The van der Waals surface area contributed by atoms with Crippen molar-refractivity contribution < 1.29 is 23.0 Å². The molecule has 0 bridgehead atoms. The summed E-state index contributed by atoms with van der Waals surface area (Å²) < 4.78 is 42.5. The zero-order valence-corrected chi connectivity index (χ0v) is 9.07. The van der Waals surface area contributed by atoms with Crippen molar-refractivity contribution in [1.82, 2.24) is 0 Å². The fraction of sp³-hybridized carbons (Fsp3) is 0.500. The Morgan fingerprint density at radius 3 is 2.65 bits per heavy atom. The number of aliphatic hydroxyl groups excluding tert-OH is 1. The van der Waals surface area contributed by atoms with Gasteiger partial charge in [0.15, 0.2) is 0 Å². The van der Waals surface area contributed by atoms with Crippen LogP contribution in [0.2, 0.25) is 0 Å². The Morgan fingerprint density at radius 1 is 1.29 bits per heavy atom. The first-order chi connectivity index (χ1) is 8.00. The van der Waals surface area contributed by atoms with E-state index < -0.39 is 11.7 Å². The number of ether oxygens (including phenoxy) is 1. The summed E-state index contributed by atoms with van der Waals surface area (Å²) in [5.41, 5.74) is -0.704. The quantitative estimate of drug-likeness (QED) is 0.885. The van der Waals surface area contributed by atoms with Crippen LogP contribution in [0.5, 0.6) is 5.75 Å². The van der Waals surface area contributed by atoms with Crippen LogP contribution in [-0.4, -0.2) is 18.3 Å². The van der Waals surface area contributed by atoms with Crippen LogP contribution in [0.1, 0.15) is 12.0 Å². The van der Waals surface area contributed by atoms with E-state index in [0.29, 0.717) is 6.61 Å². The monoisotopic (exact) mass is 246 g/mol. The summed E-state index contributed by atoms with van der Waals surface area (Å²) in [7, 11) is 0. The highest BCUT2D eigenvalue weighted by atomic mass is 19.4. The van der Waals surface area contributed by atoms with E-state index in [2.05, 4.69) is 0 Å². The molecule has 94 valence electrons. The Bertz CT molecular complexity index is 390. The number of benzene rings is 1. The van der Waals surface area contributed by atoms with Crippen LogP contribution >= 0.6 is 0 Å². The van der Waals surface area contributed by atoms with Gasteiger partial charge in [0.2, 0.25) is 0 Å². The predicted molar refractivity (Wildman–Crippen MR) is 55.6 cm³/mol. The van der Waals surface area contributed by atoms with Crippen molar-refractivity contribution in [3.8, 4) is 5.75 Å². The smallest absolute Gasteiger partial charge is 0.416 e. The molecule has 0 amide bonds. The first kappa shape index (κ1) is 12.2. The van der Waals surface area contributed by atoms with Crippen molar-refractivity contribution >= 4 is 0 Å². The molecule has 0 spiro atoms. The Balaban J connectivity index is 1.93. The summed E-state index contributed by atoms with van der Waals surface area (Å²) in [5, 5.41) is 8.82. The van der Waals surface area contributed by atoms with Crippen molar-refractivity contribution in [3.05, 3.63) is 29.8 Å². The number of halogens is 3. The molecule has 1 aromatic carbocycles. The molecule has 1 fully saturated rings. The predicted octanol–water partition coefficient (Wildman–Crippen LogP) is 2.71. The maximum Gasteiger partial charge on any atom is 0.416 e. The van der Waals surface area contributed by atoms with E-state index in [1.807, 2.05) is 0 Å². The van der Waals surface area contributed by atoms with Crippen molar-refractivity contribution in [2.75, 3.05) is 13.2 Å². The molecule has 2 nitrogen and oxygen atoms in total. The third kappa shape index (κ3) is 3.12. The normalized spacial score (nSPS) is 23.5. The summed E-state index contributed by atoms with van der Waals surface area (Å²) in [4.78, 5) is 0. The second kappa shape index (κ2) is 4.56. The van der Waals surface area contributed by atoms with Gasteiger partial charge in [-0.3, -0.25) is 0 Å². The molecule has 0 aliphatic heterocycles. The maximum atomic E-state index is 12.4. The lowest BCUT2D eigenvalue weighted by Gasteiger charge is -2.09. The lowest BCUT2D eigenvalue weighted by molar-refractivity contribution is -0.137. The largest absolute Gasteiger partial charge is 0.493 e. The highest BCUT2D eigenvalue weighted by Crippen LogP contribution is 2.38. The van der Waals surface area contributed by atoms with Crippen molar-refractivity contribution in [2.45, 2.75) is 12.6 Å². The number of hydrogen-bond donors (Lipinski definition) is 1. The summed E-state index contributed by atoms with van der Waals surface area (Å²) >= 11 is 0. The molecule has 1 aromatic rings. The van der Waals surface area contributed by atoms with Gasteiger partial charge in [-0.15, -0.1) is 0 Å². The zero-order chi connectivity index (χ0) is 12.5. The van der Waals surface area contributed by atoms with Gasteiger partial charge in [-0.05, 0) is 36.5 Å². The number of alkyl halides is 3. The second-order valence-electron chi connectivity index (χ2n) is 4.28. The van der Waals surface area contributed by atoms with E-state index in [1.54, 1.807) is 0 Å². The van der Waals surface area contributed by atoms with E-state index >= 15 is 0 Å². The minimum absolute atomic E-state index is 0.122. The van der Waals surface area contributed by atoms with Crippen LogP contribution in [0, 0.1) is 11.8 Å². The highest BCUT2D eigenvalue weighted by Gasteiger charge is 2.37. The molecular weight excluding hydrogens is 233 g/mol. The lowest BCUT2D eigenvalue weighted by atomic mass is 10.2. The summed E-state index contributed by atoms with van der Waals surface area (Å²) in [6.45, 7) is 0.489. The van der Waals surface area contributed by atoms with E-state index in [4.69, 9.17) is 9.84 Å². The van der Waals surface area contributed by atoms with E-state index in [1.165, 1.54) is 12.1 Å². The summed E-state index contributed by atoms with van der Waals surface area (Å²) in [5.74, 6) is 0.749. The minimum Gasteiger partial charge on any atom is -0.493 e. The molecule has 1 saturated carbocycles. The van der Waals surface area contributed by atoms with Crippen molar-refractivity contribution in [1.29, 1.82) is 0 Å². The lowest BCUT2D eigenvalue weighted by Crippen LogP contribution is -2.06. The third-order valence-electron chi connectivity index (χ3n) is 2.93. The van der Waals surface area contributed by atoms with Gasteiger partial charge in [-0.2, -0.15) is 13.2 Å². The van der Waals surface area contributed by atoms with Gasteiger partial charge in [-0.25, -0.2) is 0 Å². The Morgan fingerprint density at radius 2 is 2.06 bits per heavy atom. The Kier molecular flexibility index (Phi) is 3.28. The topological polar surface area (TPSA) is 29.5 Å². The van der Waals surface area contributed by atoms with Crippen LogP contribution in [0.3, 0.4) is 0 Å². The fourth-order valence-corrected chi connectivity index (χ4v) is 1.70. The van der Waals surface area contributed by atoms with Crippen LogP contribution in [0.4, 0.5) is 13.2 Å². The Hall–Kier alpha value is -1.23. The van der Waals surface area contributed by atoms with Crippen LogP contribution in [0.25, 0.3) is 0 Å². The van der Waals surface area contributed by atoms with Gasteiger partial charge in [0.25, 0.3) is 0 Å². The number of hydrogen-bond acceptors (Lipinski definition) is 2. The van der Waals surface area contributed by atoms with E-state index in [-0.39, 0.29) is 24.2 Å². The van der Waals surface area contributed by atoms with Crippen molar-refractivity contribution in [2.24, 2.45) is 11.8 Å². The summed E-state index contributed by atoms with van der Waals surface area (Å²) in [6.07, 6.45) is -3.46. The number of aliphatic hydroxyl groups is 1. The second-order valence-corrected chi connectivity index (χ2v) is 4.28. The van der Waals surface area contributed by atoms with E-state index in [9.17, 15) is 13.2 Å². The molecule has 2 rings (SSSR count). The SMILES string of the molecule is OCC1CC1COc1cccc(C(F)(F)F)c1. The molecule has 17 heavy (non-hydrogen) atoms. The molecule has 0 radical (unpaired) electrons. The standard InChI is InChI=1S/C12H13F3O2/c13-12(14,15)10-2-1-3-11(5-10)17-7-9-4-8(9)6-16/h1-3,5,8-9,16H,4,6-7H2. The maximum absolute atomic E-state index is 12.4. The van der Waals surface area contributed by atoms with Gasteiger partial charge >= 0.3 is 6.18 Å². The van der Waals surface area contributed by atoms with Gasteiger partial charge in [0, 0.05) is 6.61 Å². The van der Waals surface area contributed by atoms with Crippen LogP contribution < -0.4 is 4.74 Å². The number of rotatable bonds is 4. The molecule has 5 heteroatoms. The van der Waals surface area contributed by atoms with Crippen LogP contribution in [-0.2, 0) is 6.18 Å². The average Bonchev–Trinajstić information content (AvgIpc) is 3.04. The molecule has 1 aliphatic rings. The molecule has 1 aliphatic carbocycles. The molecule has 0 saturated heterocycles. The molecule has 0 aromatic heterocycles. The third-order valence-corrected chi connectivity index (χ3v) is 2.93. The average molecular weight is 246 g/mol. The fourth-order valence-electron chi connectivity index (χ4n) is 1.70. The first-order valence-electron chi connectivity index (χ1n) is 5.41. The van der Waals surface area contributed by atoms with Gasteiger partial charge in [0.05, 0.1) is 12.2 Å². The molecule has 0 heterocycles. The summed E-state index contributed by atoms with van der Waals surface area (Å²) in [6, 6.07) is 4.84. The van der Waals surface area contributed by atoms with Crippen LogP contribution in [0.15, 0.2) is 24.3 Å². The minimum atomic E-state index is -4.34. The van der Waals surface area contributed by atoms with Gasteiger partial charge < -0.3 is 9.84 Å². The van der Waals surface area contributed by atoms with Gasteiger partial charge in [-0.1, -0.05) is 6.07 Å². The first-order valence-corrected chi connectivity index (χ1v) is 5.41. The molecular formula is C12H13F3O2. The molecule has 1 N–H and O–H groups in total.